The van der Waals surface area contributed by atoms with Crippen molar-refractivity contribution in [2.75, 3.05) is 0 Å². The van der Waals surface area contributed by atoms with Crippen LogP contribution in [0, 0.1) is 6.92 Å². The van der Waals surface area contributed by atoms with Crippen molar-refractivity contribution in [1.82, 2.24) is 0 Å². The number of alkyl halides is 3. The van der Waals surface area contributed by atoms with Crippen molar-refractivity contribution in [3.8, 4) is 5.75 Å². The van der Waals surface area contributed by atoms with E-state index in [0.717, 1.165) is 24.3 Å². The first-order valence-electron chi connectivity index (χ1n) is 5.70. The van der Waals surface area contributed by atoms with Crippen molar-refractivity contribution < 1.29 is 22.7 Å². The number of aromatic hydroxyl groups is 1. The summed E-state index contributed by atoms with van der Waals surface area (Å²) in [5.41, 5.74) is -2.02. The zero-order valence-electron chi connectivity index (χ0n) is 10.7. The smallest absolute Gasteiger partial charge is 0.416 e. The third-order valence-corrected chi connectivity index (χ3v) is 2.49. The van der Waals surface area contributed by atoms with Crippen LogP contribution in [0.1, 0.15) is 11.3 Å². The first-order chi connectivity index (χ1) is 9.77. The summed E-state index contributed by atoms with van der Waals surface area (Å²) in [7, 11) is 0. The van der Waals surface area contributed by atoms with Crippen LogP contribution in [0.2, 0.25) is 0 Å². The Hall–Kier alpha value is -2.64. The van der Waals surface area contributed by atoms with Gasteiger partial charge in [0.2, 0.25) is 5.69 Å². The van der Waals surface area contributed by atoms with Crippen molar-refractivity contribution in [2.45, 2.75) is 13.1 Å². The average molecular weight is 298 g/mol. The summed E-state index contributed by atoms with van der Waals surface area (Å²) in [6.07, 6.45) is -4.44. The van der Waals surface area contributed by atoms with Gasteiger partial charge < -0.3 is 9.52 Å². The summed E-state index contributed by atoms with van der Waals surface area (Å²) in [5.74, 6) is -0.217. The van der Waals surface area contributed by atoms with Crippen LogP contribution in [0.3, 0.4) is 0 Å². The number of rotatable bonds is 2. The Bertz CT molecular complexity index is 734. The van der Waals surface area contributed by atoms with Gasteiger partial charge in [-0.25, -0.2) is 4.79 Å². The van der Waals surface area contributed by atoms with E-state index >= 15 is 0 Å². The van der Waals surface area contributed by atoms with Gasteiger partial charge in [-0.1, -0.05) is 0 Å². The van der Waals surface area contributed by atoms with Crippen LogP contribution >= 0.6 is 0 Å². The number of hydrogen-bond donors (Lipinski definition) is 1. The van der Waals surface area contributed by atoms with Gasteiger partial charge >= 0.3 is 11.8 Å². The second kappa shape index (κ2) is 5.39. The molecule has 2 aromatic rings. The van der Waals surface area contributed by atoms with Crippen molar-refractivity contribution in [3.63, 3.8) is 0 Å². The Morgan fingerprint density at radius 2 is 1.76 bits per heavy atom. The van der Waals surface area contributed by atoms with E-state index in [-0.39, 0.29) is 11.4 Å². The van der Waals surface area contributed by atoms with Gasteiger partial charge in [0.15, 0.2) is 5.75 Å². The van der Waals surface area contributed by atoms with Gasteiger partial charge in [0, 0.05) is 6.07 Å². The second-order valence-electron chi connectivity index (χ2n) is 4.12. The van der Waals surface area contributed by atoms with Crippen LogP contribution < -0.4 is 5.63 Å². The first kappa shape index (κ1) is 14.8. The van der Waals surface area contributed by atoms with E-state index in [1.54, 1.807) is 0 Å². The number of aryl methyl sites for hydroxylation is 1. The topological polar surface area (TPSA) is 75.2 Å². The summed E-state index contributed by atoms with van der Waals surface area (Å²) in [4.78, 5) is 11.4. The van der Waals surface area contributed by atoms with Gasteiger partial charge in [-0.2, -0.15) is 18.3 Å². The number of benzene rings is 1. The predicted octanol–water partition coefficient (Wildman–Crippen LogP) is 4.09. The molecular weight excluding hydrogens is 289 g/mol. The SMILES string of the molecule is Cc1cc(O)c(N=Nc2ccc(C(F)(F)F)cc2)c(=O)o1. The minimum absolute atomic E-state index is 0.0994. The van der Waals surface area contributed by atoms with E-state index in [9.17, 15) is 23.1 Å². The van der Waals surface area contributed by atoms with Crippen molar-refractivity contribution >= 4 is 11.4 Å². The molecule has 0 amide bonds. The largest absolute Gasteiger partial charge is 0.505 e. The standard InChI is InChI=1S/C13H9F3N2O3/c1-7-6-10(19)11(12(20)21-7)18-17-9-4-2-8(3-5-9)13(14,15)16/h2-6,19H,1H3. The summed E-state index contributed by atoms with van der Waals surface area (Å²) in [5, 5.41) is 16.6. The summed E-state index contributed by atoms with van der Waals surface area (Å²) < 4.78 is 41.8. The summed E-state index contributed by atoms with van der Waals surface area (Å²) in [6, 6.07) is 5.05. The number of halogens is 3. The molecule has 8 heteroatoms. The molecule has 1 N–H and O–H groups in total. The van der Waals surface area contributed by atoms with Gasteiger partial charge in [0.1, 0.15) is 5.76 Å². The van der Waals surface area contributed by atoms with E-state index in [1.807, 2.05) is 0 Å². The molecule has 2 rings (SSSR count). The zero-order valence-corrected chi connectivity index (χ0v) is 10.7. The van der Waals surface area contributed by atoms with Gasteiger partial charge in [-0.05, 0) is 31.2 Å². The molecule has 0 atom stereocenters. The van der Waals surface area contributed by atoms with E-state index in [4.69, 9.17) is 4.42 Å². The molecule has 0 unspecified atom stereocenters. The molecule has 0 aliphatic heterocycles. The van der Waals surface area contributed by atoms with Gasteiger partial charge in [0.25, 0.3) is 0 Å². The highest BCUT2D eigenvalue weighted by molar-refractivity contribution is 5.48. The Balaban J connectivity index is 2.28. The highest BCUT2D eigenvalue weighted by Gasteiger charge is 2.29. The highest BCUT2D eigenvalue weighted by Crippen LogP contribution is 2.31. The second-order valence-corrected chi connectivity index (χ2v) is 4.12. The molecule has 0 fully saturated rings. The first-order valence-corrected chi connectivity index (χ1v) is 5.70. The Morgan fingerprint density at radius 3 is 2.29 bits per heavy atom. The molecule has 0 aliphatic rings. The van der Waals surface area contributed by atoms with Gasteiger partial charge in [0.05, 0.1) is 11.3 Å². The molecular formula is C13H9F3N2O3. The Kier molecular flexibility index (Phi) is 3.79. The normalized spacial score (nSPS) is 12.0. The molecule has 1 aromatic heterocycles. The fraction of sp³-hybridized carbons (Fsp3) is 0.154. The van der Waals surface area contributed by atoms with Crippen LogP contribution in [-0.2, 0) is 6.18 Å². The van der Waals surface area contributed by atoms with E-state index < -0.39 is 28.8 Å². The minimum Gasteiger partial charge on any atom is -0.505 e. The molecule has 0 bridgehead atoms. The molecule has 5 nitrogen and oxygen atoms in total. The van der Waals surface area contributed by atoms with Crippen molar-refractivity contribution in [3.05, 3.63) is 52.1 Å². The van der Waals surface area contributed by atoms with E-state index in [0.29, 0.717) is 0 Å². The average Bonchev–Trinajstić information content (AvgIpc) is 2.37. The van der Waals surface area contributed by atoms with E-state index in [1.165, 1.54) is 13.0 Å². The lowest BCUT2D eigenvalue weighted by molar-refractivity contribution is -0.137. The molecule has 21 heavy (non-hydrogen) atoms. The van der Waals surface area contributed by atoms with E-state index in [2.05, 4.69) is 10.2 Å². The lowest BCUT2D eigenvalue weighted by Crippen LogP contribution is -2.03. The number of azo groups is 1. The van der Waals surface area contributed by atoms with Gasteiger partial charge in [-0.3, -0.25) is 0 Å². The van der Waals surface area contributed by atoms with Crippen molar-refractivity contribution in [2.24, 2.45) is 10.2 Å². The molecule has 0 radical (unpaired) electrons. The number of nitrogens with zero attached hydrogens (tertiary/aromatic N) is 2. The van der Waals surface area contributed by atoms with Gasteiger partial charge in [-0.15, -0.1) is 5.11 Å². The molecule has 0 saturated heterocycles. The summed E-state index contributed by atoms with van der Waals surface area (Å²) >= 11 is 0. The van der Waals surface area contributed by atoms with Crippen molar-refractivity contribution in [1.29, 1.82) is 0 Å². The maximum Gasteiger partial charge on any atom is 0.416 e. The highest BCUT2D eigenvalue weighted by atomic mass is 19.4. The minimum atomic E-state index is -4.44. The van der Waals surface area contributed by atoms with Crippen LogP contribution in [-0.4, -0.2) is 5.11 Å². The van der Waals surface area contributed by atoms with Crippen LogP contribution in [0.4, 0.5) is 24.5 Å². The molecule has 110 valence electrons. The molecule has 0 saturated carbocycles. The third kappa shape index (κ3) is 3.47. The molecule has 1 heterocycles. The fourth-order valence-electron chi connectivity index (χ4n) is 1.51. The summed E-state index contributed by atoms with van der Waals surface area (Å²) in [6.45, 7) is 1.47. The van der Waals surface area contributed by atoms with Crippen LogP contribution in [0.15, 0.2) is 49.8 Å². The zero-order chi connectivity index (χ0) is 15.6. The molecule has 1 aromatic carbocycles. The fourth-order valence-corrected chi connectivity index (χ4v) is 1.51. The third-order valence-electron chi connectivity index (χ3n) is 2.49. The maximum atomic E-state index is 12.4. The lowest BCUT2D eigenvalue weighted by Gasteiger charge is -2.05. The van der Waals surface area contributed by atoms with Crippen LogP contribution in [0.25, 0.3) is 0 Å². The predicted molar refractivity (Wildman–Crippen MR) is 67.0 cm³/mol. The lowest BCUT2D eigenvalue weighted by atomic mass is 10.2. The Labute approximate surface area is 116 Å². The Morgan fingerprint density at radius 1 is 1.14 bits per heavy atom. The molecule has 0 spiro atoms. The molecule has 0 aliphatic carbocycles. The maximum absolute atomic E-state index is 12.4. The van der Waals surface area contributed by atoms with Crippen LogP contribution in [0.5, 0.6) is 5.75 Å². The number of hydrogen-bond acceptors (Lipinski definition) is 5. The monoisotopic (exact) mass is 298 g/mol. The quantitative estimate of drug-likeness (QED) is 0.848.